The minimum Gasteiger partial charge on any atom is -0.365 e. The summed E-state index contributed by atoms with van der Waals surface area (Å²) in [6.07, 6.45) is 0.956. The lowest BCUT2D eigenvalue weighted by Crippen LogP contribution is -2.47. The molecule has 0 aliphatic carbocycles. The molecule has 1 amide bonds. The Morgan fingerprint density at radius 2 is 1.91 bits per heavy atom. The Balaban J connectivity index is 1.37. The molecular formula is C25H23ClN4O4. The molecule has 2 bridgehead atoms. The van der Waals surface area contributed by atoms with Crippen molar-refractivity contribution in [3.8, 4) is 0 Å². The first-order valence-corrected chi connectivity index (χ1v) is 11.5. The molecule has 1 aromatic heterocycles. The second-order valence-electron chi connectivity index (χ2n) is 8.88. The Bertz CT molecular complexity index is 1340. The fourth-order valence-corrected chi connectivity index (χ4v) is 5.32. The van der Waals surface area contributed by atoms with E-state index in [2.05, 4.69) is 5.32 Å². The standard InChI is InChI=1S/C25H23ClN4O4/c26-20-4-1-3-16(10-20)12-27-25(32)18-7-8-22(23(11-18)30(33)34)28-13-17-9-19(15-28)21-5-2-6-24(31)29(21)14-17/h1-8,10-11,17,19H,9,12-15H2,(H,27,32)/t17-,19+/m1/s1. The van der Waals surface area contributed by atoms with Gasteiger partial charge in [-0.2, -0.15) is 0 Å². The van der Waals surface area contributed by atoms with Gasteiger partial charge in [0.05, 0.1) is 4.92 Å². The summed E-state index contributed by atoms with van der Waals surface area (Å²) in [7, 11) is 0. The van der Waals surface area contributed by atoms with E-state index in [1.807, 2.05) is 21.6 Å². The summed E-state index contributed by atoms with van der Waals surface area (Å²) in [6.45, 7) is 2.09. The minimum absolute atomic E-state index is 0.000213. The molecule has 2 aromatic carbocycles. The number of pyridine rings is 1. The first-order chi connectivity index (χ1) is 16.4. The van der Waals surface area contributed by atoms with Crippen LogP contribution in [0.25, 0.3) is 0 Å². The molecule has 2 aliphatic heterocycles. The first kappa shape index (κ1) is 22.2. The highest BCUT2D eigenvalue weighted by Crippen LogP contribution is 2.39. The molecule has 3 aromatic rings. The van der Waals surface area contributed by atoms with Gasteiger partial charge in [0.25, 0.3) is 17.2 Å². The van der Waals surface area contributed by atoms with Crippen molar-refractivity contribution in [3.05, 3.63) is 103 Å². The number of rotatable bonds is 5. The van der Waals surface area contributed by atoms with Gasteiger partial charge in [0.1, 0.15) is 5.69 Å². The second-order valence-corrected chi connectivity index (χ2v) is 9.31. The lowest BCUT2D eigenvalue weighted by Gasteiger charge is -2.43. The Morgan fingerprint density at radius 1 is 1.09 bits per heavy atom. The summed E-state index contributed by atoms with van der Waals surface area (Å²) in [4.78, 5) is 38.5. The average molecular weight is 479 g/mol. The number of piperidine rings is 1. The van der Waals surface area contributed by atoms with Crippen LogP contribution in [0.2, 0.25) is 5.02 Å². The molecule has 34 heavy (non-hydrogen) atoms. The molecule has 2 aliphatic rings. The lowest BCUT2D eigenvalue weighted by molar-refractivity contribution is -0.384. The predicted octanol–water partition coefficient (Wildman–Crippen LogP) is 3.96. The van der Waals surface area contributed by atoms with Crippen molar-refractivity contribution < 1.29 is 9.72 Å². The SMILES string of the molecule is O=C(NCc1cccc(Cl)c1)c1ccc(N2C[C@H]3C[C@@H](C2)c2cccc(=O)n2C3)c([N+](=O)[O-])c1. The lowest BCUT2D eigenvalue weighted by atomic mass is 9.83. The fourth-order valence-electron chi connectivity index (χ4n) is 5.10. The number of fused-ring (bicyclic) bond motifs is 4. The Kier molecular flexibility index (Phi) is 5.83. The van der Waals surface area contributed by atoms with E-state index in [0.717, 1.165) is 17.7 Å². The zero-order chi connectivity index (χ0) is 23.8. The molecule has 8 nitrogen and oxygen atoms in total. The maximum atomic E-state index is 12.7. The first-order valence-electron chi connectivity index (χ1n) is 11.1. The Hall–Kier alpha value is -3.65. The molecule has 9 heteroatoms. The number of carbonyl (C=O) groups is 1. The highest BCUT2D eigenvalue weighted by Gasteiger charge is 2.36. The van der Waals surface area contributed by atoms with Gasteiger partial charge in [0.2, 0.25) is 0 Å². The van der Waals surface area contributed by atoms with Crippen LogP contribution in [-0.2, 0) is 13.1 Å². The van der Waals surface area contributed by atoms with Crippen molar-refractivity contribution in [1.82, 2.24) is 9.88 Å². The van der Waals surface area contributed by atoms with Crippen molar-refractivity contribution >= 4 is 28.9 Å². The highest BCUT2D eigenvalue weighted by molar-refractivity contribution is 6.30. The number of amides is 1. The summed E-state index contributed by atoms with van der Waals surface area (Å²) >= 11 is 5.99. The van der Waals surface area contributed by atoms with Crippen LogP contribution in [0.15, 0.2) is 65.5 Å². The third-order valence-corrected chi connectivity index (χ3v) is 6.83. The molecule has 0 radical (unpaired) electrons. The van der Waals surface area contributed by atoms with E-state index in [-0.39, 0.29) is 35.2 Å². The smallest absolute Gasteiger partial charge is 0.293 e. The summed E-state index contributed by atoms with van der Waals surface area (Å²) in [5, 5.41) is 15.3. The number of anilines is 1. The summed E-state index contributed by atoms with van der Waals surface area (Å²) in [5.74, 6) is -0.0354. The van der Waals surface area contributed by atoms with Crippen molar-refractivity contribution in [3.63, 3.8) is 0 Å². The van der Waals surface area contributed by atoms with Gasteiger partial charge in [-0.15, -0.1) is 0 Å². The van der Waals surface area contributed by atoms with Crippen molar-refractivity contribution in [2.24, 2.45) is 5.92 Å². The molecular weight excluding hydrogens is 456 g/mol. The molecule has 3 heterocycles. The third kappa shape index (κ3) is 4.28. The van der Waals surface area contributed by atoms with E-state index < -0.39 is 10.8 Å². The quantitative estimate of drug-likeness (QED) is 0.442. The van der Waals surface area contributed by atoms with Crippen LogP contribution in [-0.4, -0.2) is 28.5 Å². The van der Waals surface area contributed by atoms with E-state index in [1.54, 1.807) is 42.5 Å². The Morgan fingerprint density at radius 3 is 2.71 bits per heavy atom. The molecule has 1 fully saturated rings. The van der Waals surface area contributed by atoms with Gasteiger partial charge >= 0.3 is 0 Å². The van der Waals surface area contributed by atoms with E-state index in [4.69, 9.17) is 11.6 Å². The van der Waals surface area contributed by atoms with Gasteiger partial charge in [0, 0.05) is 60.5 Å². The molecule has 1 N–H and O–H groups in total. The number of hydrogen-bond donors (Lipinski definition) is 1. The van der Waals surface area contributed by atoms with E-state index in [9.17, 15) is 19.7 Å². The largest absolute Gasteiger partial charge is 0.365 e. The topological polar surface area (TPSA) is 97.5 Å². The zero-order valence-electron chi connectivity index (χ0n) is 18.3. The molecule has 0 spiro atoms. The molecule has 1 saturated heterocycles. The predicted molar refractivity (Wildman–Crippen MR) is 129 cm³/mol. The van der Waals surface area contributed by atoms with Gasteiger partial charge in [0.15, 0.2) is 0 Å². The third-order valence-electron chi connectivity index (χ3n) is 6.60. The monoisotopic (exact) mass is 478 g/mol. The number of benzene rings is 2. The van der Waals surface area contributed by atoms with Crippen LogP contribution in [0.1, 0.15) is 34.0 Å². The van der Waals surface area contributed by atoms with Crippen LogP contribution in [0.5, 0.6) is 0 Å². The second kappa shape index (κ2) is 8.95. The summed E-state index contributed by atoms with van der Waals surface area (Å²) < 4.78 is 1.83. The van der Waals surface area contributed by atoms with E-state index in [0.29, 0.717) is 30.3 Å². The van der Waals surface area contributed by atoms with Gasteiger partial charge in [-0.3, -0.25) is 19.7 Å². The molecule has 5 rings (SSSR count). The normalized spacial score (nSPS) is 18.8. The van der Waals surface area contributed by atoms with Gasteiger partial charge in [-0.1, -0.05) is 29.8 Å². The maximum Gasteiger partial charge on any atom is 0.293 e. The number of hydrogen-bond acceptors (Lipinski definition) is 5. The minimum atomic E-state index is -0.439. The number of nitrogens with one attached hydrogen (secondary N) is 1. The fraction of sp³-hybridized carbons (Fsp3) is 0.280. The highest BCUT2D eigenvalue weighted by atomic mass is 35.5. The van der Waals surface area contributed by atoms with Crippen LogP contribution in [0.3, 0.4) is 0 Å². The van der Waals surface area contributed by atoms with Gasteiger partial charge < -0.3 is 14.8 Å². The van der Waals surface area contributed by atoms with Crippen LogP contribution < -0.4 is 15.8 Å². The van der Waals surface area contributed by atoms with Crippen LogP contribution in [0, 0.1) is 16.0 Å². The maximum absolute atomic E-state index is 12.7. The van der Waals surface area contributed by atoms with Crippen LogP contribution >= 0.6 is 11.6 Å². The molecule has 174 valence electrons. The molecule has 0 saturated carbocycles. The number of halogens is 1. The van der Waals surface area contributed by atoms with Gasteiger partial charge in [-0.25, -0.2) is 0 Å². The van der Waals surface area contributed by atoms with E-state index >= 15 is 0 Å². The van der Waals surface area contributed by atoms with Crippen molar-refractivity contribution in [2.75, 3.05) is 18.0 Å². The number of nitro groups is 1. The molecule has 2 atom stereocenters. The summed E-state index contributed by atoms with van der Waals surface area (Å²) in [5.41, 5.74) is 2.45. The summed E-state index contributed by atoms with van der Waals surface area (Å²) in [6, 6.07) is 17.1. The number of nitro benzene ring substituents is 1. The van der Waals surface area contributed by atoms with Crippen LogP contribution in [0.4, 0.5) is 11.4 Å². The zero-order valence-corrected chi connectivity index (χ0v) is 19.1. The number of carbonyl (C=O) groups excluding carboxylic acids is 1. The van der Waals surface area contributed by atoms with Crippen molar-refractivity contribution in [1.29, 1.82) is 0 Å². The van der Waals surface area contributed by atoms with Gasteiger partial charge in [-0.05, 0) is 48.2 Å². The van der Waals surface area contributed by atoms with Crippen molar-refractivity contribution in [2.45, 2.75) is 25.4 Å². The average Bonchev–Trinajstić information content (AvgIpc) is 2.83. The van der Waals surface area contributed by atoms with E-state index in [1.165, 1.54) is 6.07 Å². The Labute approximate surface area is 200 Å². The number of aromatic nitrogens is 1. The molecule has 0 unspecified atom stereocenters. The number of nitrogens with zero attached hydrogens (tertiary/aromatic N) is 3.